The number of ether oxygens (including phenoxy) is 1. The van der Waals surface area contributed by atoms with Gasteiger partial charge < -0.3 is 15.0 Å². The molecule has 0 aromatic heterocycles. The van der Waals surface area contributed by atoms with E-state index in [1.54, 1.807) is 0 Å². The quantitative estimate of drug-likeness (QED) is 0.764. The van der Waals surface area contributed by atoms with Crippen molar-refractivity contribution >= 4 is 6.09 Å². The normalized spacial score (nSPS) is 22.5. The molecule has 2 rings (SSSR count). The molecule has 1 saturated heterocycles. The molecule has 1 aliphatic carbocycles. The number of carbonyl (C=O) groups excluding carboxylic acids is 1. The third kappa shape index (κ3) is 2.84. The van der Waals surface area contributed by atoms with Gasteiger partial charge in [0.15, 0.2) is 0 Å². The van der Waals surface area contributed by atoms with Crippen molar-refractivity contribution in [1.29, 1.82) is 0 Å². The summed E-state index contributed by atoms with van der Waals surface area (Å²) in [6, 6.07) is 0.465. The van der Waals surface area contributed by atoms with Gasteiger partial charge in [-0.3, -0.25) is 0 Å². The van der Waals surface area contributed by atoms with Crippen LogP contribution in [0.4, 0.5) is 4.79 Å². The number of carbonyl (C=O) groups is 1. The lowest BCUT2D eigenvalue weighted by Crippen LogP contribution is -2.40. The highest BCUT2D eigenvalue weighted by Gasteiger charge is 2.34. The molecular formula is C11H20N2O2. The van der Waals surface area contributed by atoms with Gasteiger partial charge in [-0.25, -0.2) is 4.79 Å². The predicted octanol–water partition coefficient (Wildman–Crippen LogP) is 1.22. The highest BCUT2D eigenvalue weighted by Crippen LogP contribution is 2.29. The molecule has 0 unspecified atom stereocenters. The second kappa shape index (κ2) is 4.84. The van der Waals surface area contributed by atoms with E-state index in [1.165, 1.54) is 20.0 Å². The maximum Gasteiger partial charge on any atom is 0.409 e. The third-order valence-electron chi connectivity index (χ3n) is 3.31. The summed E-state index contributed by atoms with van der Waals surface area (Å²) in [5.41, 5.74) is 0. The Morgan fingerprint density at radius 2 is 2.00 bits per heavy atom. The third-order valence-corrected chi connectivity index (χ3v) is 3.31. The molecule has 0 bridgehead atoms. The maximum atomic E-state index is 11.6. The van der Waals surface area contributed by atoms with E-state index in [1.807, 2.05) is 4.90 Å². The molecular weight excluding hydrogens is 192 g/mol. The second-order valence-corrected chi connectivity index (χ2v) is 4.55. The number of nitrogens with one attached hydrogen (secondary N) is 1. The number of rotatable bonds is 3. The summed E-state index contributed by atoms with van der Waals surface area (Å²) in [4.78, 5) is 13.5. The average Bonchev–Trinajstić information content (AvgIpc) is 3.10. The molecule has 1 heterocycles. The smallest absolute Gasteiger partial charge is 0.409 e. The van der Waals surface area contributed by atoms with E-state index in [0.29, 0.717) is 12.0 Å². The van der Waals surface area contributed by atoms with Crippen LogP contribution < -0.4 is 5.32 Å². The fourth-order valence-electron chi connectivity index (χ4n) is 2.22. The Balaban J connectivity index is 1.84. The topological polar surface area (TPSA) is 41.6 Å². The fraction of sp³-hybridized carbons (Fsp3) is 0.909. The van der Waals surface area contributed by atoms with Gasteiger partial charge in [0, 0.05) is 12.6 Å². The Hall–Kier alpha value is -0.770. The van der Waals surface area contributed by atoms with E-state index in [0.717, 1.165) is 32.5 Å². The van der Waals surface area contributed by atoms with Crippen LogP contribution in [0, 0.1) is 5.92 Å². The van der Waals surface area contributed by atoms with Gasteiger partial charge in [-0.2, -0.15) is 0 Å². The van der Waals surface area contributed by atoms with Gasteiger partial charge in [0.25, 0.3) is 0 Å². The van der Waals surface area contributed by atoms with Crippen LogP contribution in [0.5, 0.6) is 0 Å². The van der Waals surface area contributed by atoms with Crippen LogP contribution in [0.2, 0.25) is 0 Å². The van der Waals surface area contributed by atoms with Crippen molar-refractivity contribution in [2.75, 3.05) is 26.7 Å². The van der Waals surface area contributed by atoms with Crippen molar-refractivity contribution in [1.82, 2.24) is 10.2 Å². The van der Waals surface area contributed by atoms with Gasteiger partial charge >= 0.3 is 6.09 Å². The number of methoxy groups -OCH3 is 1. The van der Waals surface area contributed by atoms with E-state index < -0.39 is 0 Å². The Bertz CT molecular complexity index is 223. The van der Waals surface area contributed by atoms with Crippen LogP contribution in [-0.2, 0) is 4.74 Å². The van der Waals surface area contributed by atoms with Gasteiger partial charge in [0.2, 0.25) is 0 Å². The first kappa shape index (κ1) is 10.7. The minimum Gasteiger partial charge on any atom is -0.453 e. The Morgan fingerprint density at radius 3 is 2.53 bits per heavy atom. The highest BCUT2D eigenvalue weighted by atomic mass is 16.5. The fourth-order valence-corrected chi connectivity index (χ4v) is 2.22. The van der Waals surface area contributed by atoms with Crippen LogP contribution in [0.25, 0.3) is 0 Å². The molecule has 1 saturated carbocycles. The number of piperidine rings is 1. The molecule has 0 radical (unpaired) electrons. The van der Waals surface area contributed by atoms with Crippen molar-refractivity contribution in [2.24, 2.45) is 5.92 Å². The minimum atomic E-state index is -0.143. The molecule has 86 valence electrons. The van der Waals surface area contributed by atoms with Crippen LogP contribution in [0.15, 0.2) is 0 Å². The lowest BCUT2D eigenvalue weighted by Gasteiger charge is -2.29. The molecule has 0 spiro atoms. The Kier molecular flexibility index (Phi) is 3.46. The molecule has 2 aliphatic rings. The second-order valence-electron chi connectivity index (χ2n) is 4.55. The molecule has 1 N–H and O–H groups in total. The van der Waals surface area contributed by atoms with Crippen LogP contribution >= 0.6 is 0 Å². The molecule has 4 heteroatoms. The molecule has 0 aromatic rings. The number of hydrogen-bond acceptors (Lipinski definition) is 3. The lowest BCUT2D eigenvalue weighted by molar-refractivity contribution is 0.109. The van der Waals surface area contributed by atoms with Gasteiger partial charge in [-0.05, 0) is 44.7 Å². The Labute approximate surface area is 91.0 Å². The van der Waals surface area contributed by atoms with Gasteiger partial charge in [0.05, 0.1) is 7.11 Å². The zero-order valence-corrected chi connectivity index (χ0v) is 9.37. The summed E-state index contributed by atoms with van der Waals surface area (Å²) in [6.07, 6.45) is 4.52. The van der Waals surface area contributed by atoms with Crippen molar-refractivity contribution in [3.05, 3.63) is 0 Å². The van der Waals surface area contributed by atoms with Gasteiger partial charge in [0.1, 0.15) is 0 Å². The van der Waals surface area contributed by atoms with E-state index >= 15 is 0 Å². The van der Waals surface area contributed by atoms with Crippen molar-refractivity contribution in [3.8, 4) is 0 Å². The first-order valence-electron chi connectivity index (χ1n) is 5.86. The van der Waals surface area contributed by atoms with E-state index in [2.05, 4.69) is 5.32 Å². The molecule has 1 amide bonds. The summed E-state index contributed by atoms with van der Waals surface area (Å²) in [5.74, 6) is 0.658. The predicted molar refractivity (Wildman–Crippen MR) is 57.7 cm³/mol. The minimum absolute atomic E-state index is 0.143. The van der Waals surface area contributed by atoms with Gasteiger partial charge in [-0.1, -0.05) is 0 Å². The van der Waals surface area contributed by atoms with Gasteiger partial charge in [-0.15, -0.1) is 0 Å². The standard InChI is InChI=1S/C11H20N2O2/c1-15-11(14)13(10-2-3-10)8-9-4-6-12-7-5-9/h9-10,12H,2-8H2,1H3. The summed E-state index contributed by atoms with van der Waals surface area (Å²) in [5, 5.41) is 3.34. The molecule has 15 heavy (non-hydrogen) atoms. The highest BCUT2D eigenvalue weighted by molar-refractivity contribution is 5.68. The summed E-state index contributed by atoms with van der Waals surface area (Å²) >= 11 is 0. The van der Waals surface area contributed by atoms with Crippen LogP contribution in [0.1, 0.15) is 25.7 Å². The molecule has 0 aromatic carbocycles. The largest absolute Gasteiger partial charge is 0.453 e. The number of amides is 1. The molecule has 1 aliphatic heterocycles. The first-order chi connectivity index (χ1) is 7.31. The molecule has 4 nitrogen and oxygen atoms in total. The first-order valence-corrected chi connectivity index (χ1v) is 5.86. The number of hydrogen-bond donors (Lipinski definition) is 1. The van der Waals surface area contributed by atoms with Crippen molar-refractivity contribution in [2.45, 2.75) is 31.7 Å². The zero-order chi connectivity index (χ0) is 10.7. The maximum absolute atomic E-state index is 11.6. The van der Waals surface area contributed by atoms with E-state index in [9.17, 15) is 4.79 Å². The SMILES string of the molecule is COC(=O)N(CC1CCNCC1)C1CC1. The zero-order valence-electron chi connectivity index (χ0n) is 9.37. The molecule has 0 atom stereocenters. The lowest BCUT2D eigenvalue weighted by atomic mass is 9.97. The molecule has 2 fully saturated rings. The Morgan fingerprint density at radius 1 is 1.33 bits per heavy atom. The number of nitrogens with zero attached hydrogens (tertiary/aromatic N) is 1. The van der Waals surface area contributed by atoms with E-state index in [4.69, 9.17) is 4.74 Å². The summed E-state index contributed by atoms with van der Waals surface area (Å²) < 4.78 is 4.83. The monoisotopic (exact) mass is 212 g/mol. The average molecular weight is 212 g/mol. The summed E-state index contributed by atoms with van der Waals surface area (Å²) in [7, 11) is 1.47. The van der Waals surface area contributed by atoms with Crippen LogP contribution in [-0.4, -0.2) is 43.8 Å². The van der Waals surface area contributed by atoms with Crippen molar-refractivity contribution in [3.63, 3.8) is 0 Å². The van der Waals surface area contributed by atoms with Crippen molar-refractivity contribution < 1.29 is 9.53 Å². The van der Waals surface area contributed by atoms with E-state index in [-0.39, 0.29) is 6.09 Å². The summed E-state index contributed by atoms with van der Waals surface area (Å²) in [6.45, 7) is 3.06. The van der Waals surface area contributed by atoms with Crippen LogP contribution in [0.3, 0.4) is 0 Å².